The normalized spacial score (nSPS) is 25.3. The van der Waals surface area contributed by atoms with Crippen molar-refractivity contribution in [3.05, 3.63) is 30.3 Å². The molecule has 88 valence electrons. The van der Waals surface area contributed by atoms with E-state index in [-0.39, 0.29) is 0 Å². The van der Waals surface area contributed by atoms with Gasteiger partial charge >= 0.3 is 0 Å². The smallest absolute Gasteiger partial charge is 0.0380 e. The standard InChI is InChI=1S/C14H21NS/c1-2-16-14-11-7-6-10-13(14)15-12-8-4-3-5-9-12/h3-5,8-9,13-15H,2,6-7,10-11H2,1H3/t13-,14-/m1/s1. The average Bonchev–Trinajstić information content (AvgIpc) is 2.33. The Morgan fingerprint density at radius 1 is 1.19 bits per heavy atom. The lowest BCUT2D eigenvalue weighted by atomic mass is 9.94. The quantitative estimate of drug-likeness (QED) is 0.841. The van der Waals surface area contributed by atoms with Gasteiger partial charge in [-0.25, -0.2) is 0 Å². The SMILES string of the molecule is CCS[C@@H]1CCCC[C@H]1Nc1ccccc1. The van der Waals surface area contributed by atoms with Gasteiger partial charge in [0.1, 0.15) is 0 Å². The van der Waals surface area contributed by atoms with E-state index in [2.05, 4.69) is 54.3 Å². The summed E-state index contributed by atoms with van der Waals surface area (Å²) in [6.45, 7) is 2.26. The van der Waals surface area contributed by atoms with E-state index in [9.17, 15) is 0 Å². The van der Waals surface area contributed by atoms with Crippen molar-refractivity contribution in [2.24, 2.45) is 0 Å². The second-order valence-corrected chi connectivity index (χ2v) is 5.91. The zero-order chi connectivity index (χ0) is 11.2. The Morgan fingerprint density at radius 2 is 1.94 bits per heavy atom. The largest absolute Gasteiger partial charge is 0.381 e. The lowest BCUT2D eigenvalue weighted by molar-refractivity contribution is 0.474. The van der Waals surface area contributed by atoms with Crippen molar-refractivity contribution in [3.63, 3.8) is 0 Å². The number of rotatable bonds is 4. The average molecular weight is 235 g/mol. The van der Waals surface area contributed by atoms with Crippen molar-refractivity contribution in [1.29, 1.82) is 0 Å². The summed E-state index contributed by atoms with van der Waals surface area (Å²) in [5, 5.41) is 4.50. The molecule has 1 nitrogen and oxygen atoms in total. The molecule has 0 bridgehead atoms. The maximum atomic E-state index is 3.69. The molecule has 0 saturated heterocycles. The highest BCUT2D eigenvalue weighted by atomic mass is 32.2. The van der Waals surface area contributed by atoms with Crippen LogP contribution in [-0.2, 0) is 0 Å². The van der Waals surface area contributed by atoms with Gasteiger partial charge in [0.25, 0.3) is 0 Å². The van der Waals surface area contributed by atoms with E-state index in [1.54, 1.807) is 0 Å². The summed E-state index contributed by atoms with van der Waals surface area (Å²) in [6.07, 6.45) is 5.49. The third-order valence-electron chi connectivity index (χ3n) is 3.21. The molecule has 0 radical (unpaired) electrons. The van der Waals surface area contributed by atoms with Crippen LogP contribution in [0.15, 0.2) is 30.3 Å². The first kappa shape index (κ1) is 11.8. The number of hydrogen-bond acceptors (Lipinski definition) is 2. The maximum absolute atomic E-state index is 3.69. The maximum Gasteiger partial charge on any atom is 0.0380 e. The number of benzene rings is 1. The van der Waals surface area contributed by atoms with Crippen LogP contribution in [0.1, 0.15) is 32.6 Å². The Morgan fingerprint density at radius 3 is 2.69 bits per heavy atom. The highest BCUT2D eigenvalue weighted by molar-refractivity contribution is 7.99. The van der Waals surface area contributed by atoms with Crippen LogP contribution in [0, 0.1) is 0 Å². The van der Waals surface area contributed by atoms with E-state index in [1.807, 2.05) is 0 Å². The zero-order valence-corrected chi connectivity index (χ0v) is 10.8. The summed E-state index contributed by atoms with van der Waals surface area (Å²) in [5.74, 6) is 1.23. The van der Waals surface area contributed by atoms with Crippen LogP contribution < -0.4 is 5.32 Å². The predicted octanol–water partition coefficient (Wildman–Crippen LogP) is 4.16. The molecule has 1 saturated carbocycles. The van der Waals surface area contributed by atoms with Gasteiger partial charge in [-0.05, 0) is 30.7 Å². The van der Waals surface area contributed by atoms with Crippen molar-refractivity contribution in [1.82, 2.24) is 0 Å². The topological polar surface area (TPSA) is 12.0 Å². The van der Waals surface area contributed by atoms with Crippen LogP contribution in [0.5, 0.6) is 0 Å². The van der Waals surface area contributed by atoms with Crippen LogP contribution in [0.3, 0.4) is 0 Å². The minimum atomic E-state index is 0.668. The molecule has 1 aromatic rings. The fourth-order valence-electron chi connectivity index (χ4n) is 2.42. The molecule has 0 aromatic heterocycles. The molecular formula is C14H21NS. The molecule has 0 spiro atoms. The van der Waals surface area contributed by atoms with E-state index in [0.29, 0.717) is 6.04 Å². The fraction of sp³-hybridized carbons (Fsp3) is 0.571. The molecule has 2 atom stereocenters. The number of nitrogens with one attached hydrogen (secondary N) is 1. The summed E-state index contributed by atoms with van der Waals surface area (Å²) >= 11 is 2.12. The van der Waals surface area contributed by atoms with Gasteiger partial charge in [0.05, 0.1) is 0 Å². The summed E-state index contributed by atoms with van der Waals surface area (Å²) in [4.78, 5) is 0. The number of hydrogen-bond donors (Lipinski definition) is 1. The zero-order valence-electron chi connectivity index (χ0n) is 9.99. The molecule has 2 heteroatoms. The molecule has 0 amide bonds. The molecular weight excluding hydrogens is 214 g/mol. The molecule has 0 aliphatic heterocycles. The Balaban J connectivity index is 1.96. The third-order valence-corrected chi connectivity index (χ3v) is 4.53. The van der Waals surface area contributed by atoms with Gasteiger partial charge in [-0.15, -0.1) is 0 Å². The van der Waals surface area contributed by atoms with Gasteiger partial charge in [-0.3, -0.25) is 0 Å². The number of thioether (sulfide) groups is 1. The monoisotopic (exact) mass is 235 g/mol. The lowest BCUT2D eigenvalue weighted by Crippen LogP contribution is -2.34. The molecule has 1 fully saturated rings. The second-order valence-electron chi connectivity index (χ2n) is 4.40. The molecule has 1 aliphatic rings. The minimum absolute atomic E-state index is 0.668. The summed E-state index contributed by atoms with van der Waals surface area (Å²) < 4.78 is 0. The Hall–Kier alpha value is -0.630. The van der Waals surface area contributed by atoms with Crippen LogP contribution in [0.4, 0.5) is 5.69 Å². The molecule has 0 unspecified atom stereocenters. The Bertz CT molecular complexity index is 297. The predicted molar refractivity (Wildman–Crippen MR) is 74.2 cm³/mol. The van der Waals surface area contributed by atoms with E-state index >= 15 is 0 Å². The van der Waals surface area contributed by atoms with Gasteiger partial charge < -0.3 is 5.32 Å². The van der Waals surface area contributed by atoms with E-state index in [1.165, 1.54) is 37.1 Å². The first-order valence-electron chi connectivity index (χ1n) is 6.33. The van der Waals surface area contributed by atoms with Gasteiger partial charge in [0.15, 0.2) is 0 Å². The first-order valence-corrected chi connectivity index (χ1v) is 7.38. The van der Waals surface area contributed by atoms with Crippen LogP contribution in [0.25, 0.3) is 0 Å². The molecule has 1 N–H and O–H groups in total. The van der Waals surface area contributed by atoms with Crippen molar-refractivity contribution in [2.45, 2.75) is 43.9 Å². The van der Waals surface area contributed by atoms with E-state index in [0.717, 1.165) is 5.25 Å². The first-order chi connectivity index (χ1) is 7.90. The van der Waals surface area contributed by atoms with Crippen LogP contribution in [-0.4, -0.2) is 17.0 Å². The summed E-state index contributed by atoms with van der Waals surface area (Å²) in [5.41, 5.74) is 1.27. The molecule has 16 heavy (non-hydrogen) atoms. The van der Waals surface area contributed by atoms with Gasteiger partial charge in [0, 0.05) is 17.0 Å². The highest BCUT2D eigenvalue weighted by Crippen LogP contribution is 2.30. The highest BCUT2D eigenvalue weighted by Gasteiger charge is 2.24. The Labute approximate surface area is 103 Å². The fourth-order valence-corrected chi connectivity index (χ4v) is 3.62. The molecule has 0 heterocycles. The molecule has 1 aliphatic carbocycles. The van der Waals surface area contributed by atoms with Crippen molar-refractivity contribution in [3.8, 4) is 0 Å². The Kier molecular flexibility index (Phi) is 4.58. The summed E-state index contributed by atoms with van der Waals surface area (Å²) in [7, 11) is 0. The van der Waals surface area contributed by atoms with Crippen LogP contribution >= 0.6 is 11.8 Å². The second kappa shape index (κ2) is 6.19. The van der Waals surface area contributed by atoms with Crippen LogP contribution in [0.2, 0.25) is 0 Å². The lowest BCUT2D eigenvalue weighted by Gasteiger charge is -2.32. The minimum Gasteiger partial charge on any atom is -0.381 e. The van der Waals surface area contributed by atoms with Gasteiger partial charge in [-0.1, -0.05) is 38.0 Å². The summed E-state index contributed by atoms with van der Waals surface area (Å²) in [6, 6.07) is 11.3. The van der Waals surface area contributed by atoms with Gasteiger partial charge in [0.2, 0.25) is 0 Å². The van der Waals surface area contributed by atoms with Gasteiger partial charge in [-0.2, -0.15) is 11.8 Å². The van der Waals surface area contributed by atoms with E-state index < -0.39 is 0 Å². The van der Waals surface area contributed by atoms with Crippen molar-refractivity contribution >= 4 is 17.4 Å². The molecule has 1 aromatic carbocycles. The third kappa shape index (κ3) is 3.18. The van der Waals surface area contributed by atoms with Crippen molar-refractivity contribution < 1.29 is 0 Å². The van der Waals surface area contributed by atoms with E-state index in [4.69, 9.17) is 0 Å². The van der Waals surface area contributed by atoms with Crippen molar-refractivity contribution in [2.75, 3.05) is 11.1 Å². The number of para-hydroxylation sites is 1. The number of anilines is 1. The molecule has 2 rings (SSSR count).